The molecule has 0 aromatic heterocycles. The molecule has 0 radical (unpaired) electrons. The number of anilines is 1. The molecule has 8 heteroatoms. The van der Waals surface area contributed by atoms with E-state index in [0.717, 1.165) is 57.5 Å². The first kappa shape index (κ1) is 27.0. The Labute approximate surface area is 212 Å². The molecule has 1 unspecified atom stereocenters. The molecule has 1 atom stereocenters. The van der Waals surface area contributed by atoms with Gasteiger partial charge in [-0.25, -0.2) is 0 Å². The van der Waals surface area contributed by atoms with Crippen LogP contribution in [0, 0.1) is 5.92 Å². The largest absolute Gasteiger partial charge is 0.497 e. The van der Waals surface area contributed by atoms with E-state index in [1.54, 1.807) is 7.11 Å². The number of likely N-dealkylation sites (N-methyl/N-ethyl adjacent to an activating group) is 1. The van der Waals surface area contributed by atoms with E-state index in [-0.39, 0.29) is 24.0 Å². The second-order valence-electron chi connectivity index (χ2n) is 8.71. The van der Waals surface area contributed by atoms with E-state index in [0.29, 0.717) is 5.92 Å². The van der Waals surface area contributed by atoms with Crippen molar-refractivity contribution in [3.8, 4) is 5.75 Å². The van der Waals surface area contributed by atoms with Gasteiger partial charge in [-0.2, -0.15) is 0 Å². The number of hydrogen-bond acceptors (Lipinski definition) is 5. The lowest BCUT2D eigenvalue weighted by atomic mass is 10.1. The summed E-state index contributed by atoms with van der Waals surface area (Å²) in [6.07, 6.45) is 0. The lowest BCUT2D eigenvalue weighted by Gasteiger charge is -2.38. The van der Waals surface area contributed by atoms with Crippen molar-refractivity contribution in [1.29, 1.82) is 0 Å². The molecule has 3 rings (SSSR count). The molecule has 0 spiro atoms. The second-order valence-corrected chi connectivity index (χ2v) is 8.71. The zero-order valence-electron chi connectivity index (χ0n) is 20.4. The summed E-state index contributed by atoms with van der Waals surface area (Å²) in [6.45, 7) is 19.6. The Morgan fingerprint density at radius 1 is 0.969 bits per heavy atom. The van der Waals surface area contributed by atoms with Crippen LogP contribution in [0.25, 0.3) is 0 Å². The number of methoxy groups -OCH3 is 1. The summed E-state index contributed by atoms with van der Waals surface area (Å²) >= 11 is 0. The van der Waals surface area contributed by atoms with Crippen molar-refractivity contribution in [2.24, 2.45) is 10.9 Å². The summed E-state index contributed by atoms with van der Waals surface area (Å²) in [4.78, 5) is 15.0. The number of benzene rings is 1. The number of piperazine rings is 2. The van der Waals surface area contributed by atoms with E-state index in [9.17, 15) is 0 Å². The van der Waals surface area contributed by atoms with E-state index in [1.807, 2.05) is 12.1 Å². The summed E-state index contributed by atoms with van der Waals surface area (Å²) in [5.74, 6) is 2.55. The molecule has 1 aromatic rings. The molecule has 0 bridgehead atoms. The Balaban J connectivity index is 0.00000363. The molecule has 0 saturated carbocycles. The first-order valence-corrected chi connectivity index (χ1v) is 12.0. The number of rotatable bonds is 8. The number of hydrogen-bond donors (Lipinski definition) is 1. The highest BCUT2D eigenvalue weighted by molar-refractivity contribution is 14.0. The molecule has 2 aliphatic heterocycles. The van der Waals surface area contributed by atoms with Gasteiger partial charge in [-0.05, 0) is 43.7 Å². The quantitative estimate of drug-likeness (QED) is 0.301. The third-order valence-corrected chi connectivity index (χ3v) is 6.39. The van der Waals surface area contributed by atoms with Gasteiger partial charge in [0.25, 0.3) is 0 Å². The minimum absolute atomic E-state index is 0. The van der Waals surface area contributed by atoms with E-state index >= 15 is 0 Å². The normalized spacial score (nSPS) is 19.4. The third kappa shape index (κ3) is 7.95. The van der Waals surface area contributed by atoms with Crippen LogP contribution in [0.5, 0.6) is 5.75 Å². The third-order valence-electron chi connectivity index (χ3n) is 6.39. The molecule has 1 N–H and O–H groups in total. The Morgan fingerprint density at radius 3 is 2.16 bits per heavy atom. The smallest absolute Gasteiger partial charge is 0.194 e. The molecule has 2 saturated heterocycles. The van der Waals surface area contributed by atoms with Crippen molar-refractivity contribution >= 4 is 35.6 Å². The maximum absolute atomic E-state index is 5.28. The standard InChI is InChI=1S/C24H42N6O.HI/c1-5-25-24(26-19-21(3)20-28-13-11-27(6-2)12-14-28)30-17-15-29(16-18-30)22-7-9-23(31-4)10-8-22;/h7-10,21H,5-6,11-20H2,1-4H3,(H,25,26);1H. The van der Waals surface area contributed by atoms with Gasteiger partial charge in [0.2, 0.25) is 0 Å². The van der Waals surface area contributed by atoms with Gasteiger partial charge in [0.05, 0.1) is 7.11 Å². The predicted octanol–water partition coefficient (Wildman–Crippen LogP) is 2.67. The van der Waals surface area contributed by atoms with Gasteiger partial charge in [0.1, 0.15) is 5.75 Å². The van der Waals surface area contributed by atoms with Gasteiger partial charge in [-0.3, -0.25) is 4.99 Å². The lowest BCUT2D eigenvalue weighted by molar-refractivity contribution is 0.125. The molecular weight excluding hydrogens is 515 g/mol. The van der Waals surface area contributed by atoms with E-state index in [1.165, 1.54) is 38.4 Å². The fourth-order valence-electron chi connectivity index (χ4n) is 4.42. The van der Waals surface area contributed by atoms with Crippen LogP contribution in [0.1, 0.15) is 20.8 Å². The van der Waals surface area contributed by atoms with Gasteiger partial charge in [0.15, 0.2) is 5.96 Å². The topological polar surface area (TPSA) is 46.6 Å². The zero-order valence-corrected chi connectivity index (χ0v) is 22.8. The molecule has 0 aliphatic carbocycles. The van der Waals surface area contributed by atoms with Crippen LogP contribution in [0.4, 0.5) is 5.69 Å². The second kappa shape index (κ2) is 14.1. The average molecular weight is 559 g/mol. The van der Waals surface area contributed by atoms with Crippen LogP contribution in [0.3, 0.4) is 0 Å². The van der Waals surface area contributed by atoms with E-state index in [2.05, 4.69) is 57.8 Å². The van der Waals surface area contributed by atoms with Crippen LogP contribution < -0.4 is 15.0 Å². The summed E-state index contributed by atoms with van der Waals surface area (Å²) < 4.78 is 5.28. The number of aliphatic imine (C=N–C) groups is 1. The number of guanidine groups is 1. The monoisotopic (exact) mass is 558 g/mol. The Kier molecular flexibility index (Phi) is 11.9. The van der Waals surface area contributed by atoms with Crippen LogP contribution in [-0.4, -0.2) is 106 Å². The molecule has 2 aliphatic rings. The molecule has 2 heterocycles. The molecular formula is C24H43IN6O. The maximum Gasteiger partial charge on any atom is 0.194 e. The first-order valence-electron chi connectivity index (χ1n) is 12.0. The lowest BCUT2D eigenvalue weighted by Crippen LogP contribution is -2.52. The summed E-state index contributed by atoms with van der Waals surface area (Å²) in [5, 5.41) is 3.52. The summed E-state index contributed by atoms with van der Waals surface area (Å²) in [7, 11) is 1.71. The Bertz CT molecular complexity index is 670. The summed E-state index contributed by atoms with van der Waals surface area (Å²) in [6, 6.07) is 8.37. The Hall–Kier alpha value is -1.26. The molecule has 1 aromatic carbocycles. The average Bonchev–Trinajstić information content (AvgIpc) is 2.82. The number of nitrogens with zero attached hydrogens (tertiary/aromatic N) is 5. The molecule has 0 amide bonds. The maximum atomic E-state index is 5.28. The number of halogens is 1. The predicted molar refractivity (Wildman–Crippen MR) is 146 cm³/mol. The van der Waals surface area contributed by atoms with Gasteiger partial charge >= 0.3 is 0 Å². The fourth-order valence-corrected chi connectivity index (χ4v) is 4.42. The fraction of sp³-hybridized carbons (Fsp3) is 0.708. The molecule has 32 heavy (non-hydrogen) atoms. The number of nitrogens with one attached hydrogen (secondary N) is 1. The first-order chi connectivity index (χ1) is 15.1. The molecule has 182 valence electrons. The van der Waals surface area contributed by atoms with Crippen LogP contribution in [0.2, 0.25) is 0 Å². The number of ether oxygens (including phenoxy) is 1. The van der Waals surface area contributed by atoms with Gasteiger partial charge in [-0.15, -0.1) is 24.0 Å². The Morgan fingerprint density at radius 2 is 1.59 bits per heavy atom. The van der Waals surface area contributed by atoms with E-state index < -0.39 is 0 Å². The van der Waals surface area contributed by atoms with Crippen LogP contribution >= 0.6 is 24.0 Å². The van der Waals surface area contributed by atoms with Gasteiger partial charge in [-0.1, -0.05) is 13.8 Å². The van der Waals surface area contributed by atoms with Crippen molar-refractivity contribution in [2.45, 2.75) is 20.8 Å². The summed E-state index contributed by atoms with van der Waals surface area (Å²) in [5.41, 5.74) is 1.26. The van der Waals surface area contributed by atoms with Gasteiger partial charge < -0.3 is 29.7 Å². The molecule has 7 nitrogen and oxygen atoms in total. The van der Waals surface area contributed by atoms with Crippen LogP contribution in [-0.2, 0) is 0 Å². The minimum atomic E-state index is 0. The van der Waals surface area contributed by atoms with Crippen molar-refractivity contribution in [3.63, 3.8) is 0 Å². The zero-order chi connectivity index (χ0) is 22.1. The van der Waals surface area contributed by atoms with E-state index in [4.69, 9.17) is 9.73 Å². The highest BCUT2D eigenvalue weighted by Crippen LogP contribution is 2.20. The van der Waals surface area contributed by atoms with Crippen molar-refractivity contribution in [3.05, 3.63) is 24.3 Å². The van der Waals surface area contributed by atoms with Gasteiger partial charge in [0, 0.05) is 77.7 Å². The van der Waals surface area contributed by atoms with Crippen molar-refractivity contribution in [1.82, 2.24) is 20.0 Å². The minimum Gasteiger partial charge on any atom is -0.497 e. The highest BCUT2D eigenvalue weighted by Gasteiger charge is 2.21. The molecule has 2 fully saturated rings. The highest BCUT2D eigenvalue weighted by atomic mass is 127. The SMILES string of the molecule is CCNC(=NCC(C)CN1CCN(CC)CC1)N1CCN(c2ccc(OC)cc2)CC1.I. The van der Waals surface area contributed by atoms with Crippen molar-refractivity contribution in [2.75, 3.05) is 90.5 Å². The van der Waals surface area contributed by atoms with Crippen molar-refractivity contribution < 1.29 is 4.74 Å². The van der Waals surface area contributed by atoms with Crippen LogP contribution in [0.15, 0.2) is 29.3 Å².